The van der Waals surface area contributed by atoms with E-state index >= 15 is 0 Å². The SMILES string of the molecule is CCOC(=O)c1ccccc1C1C(C(=O)OC)=CN(C)C=C1C(=O)OC. The van der Waals surface area contributed by atoms with Gasteiger partial charge in [-0.15, -0.1) is 0 Å². The van der Waals surface area contributed by atoms with Gasteiger partial charge in [-0.05, 0) is 18.6 Å². The summed E-state index contributed by atoms with van der Waals surface area (Å²) in [6.07, 6.45) is 3.12. The van der Waals surface area contributed by atoms with Crippen LogP contribution in [0.15, 0.2) is 47.8 Å². The van der Waals surface area contributed by atoms with Gasteiger partial charge in [-0.1, -0.05) is 18.2 Å². The number of carbonyl (C=O) groups is 3. The van der Waals surface area contributed by atoms with E-state index in [1.54, 1.807) is 55.5 Å². The van der Waals surface area contributed by atoms with Crippen molar-refractivity contribution >= 4 is 17.9 Å². The molecular weight excluding hydrogens is 338 g/mol. The van der Waals surface area contributed by atoms with Crippen LogP contribution in [0.1, 0.15) is 28.8 Å². The second kappa shape index (κ2) is 8.33. The maximum absolute atomic E-state index is 12.4. The van der Waals surface area contributed by atoms with Gasteiger partial charge in [-0.2, -0.15) is 0 Å². The Kier molecular flexibility index (Phi) is 6.16. The zero-order valence-corrected chi connectivity index (χ0v) is 15.1. The lowest BCUT2D eigenvalue weighted by Gasteiger charge is -2.29. The molecule has 1 heterocycles. The number of methoxy groups -OCH3 is 2. The highest BCUT2D eigenvalue weighted by molar-refractivity contribution is 6.00. The van der Waals surface area contributed by atoms with E-state index in [1.807, 2.05) is 0 Å². The number of ether oxygens (including phenoxy) is 3. The van der Waals surface area contributed by atoms with Crippen molar-refractivity contribution in [3.05, 3.63) is 58.9 Å². The maximum atomic E-state index is 12.4. The van der Waals surface area contributed by atoms with Crippen molar-refractivity contribution in [3.8, 4) is 0 Å². The molecule has 0 saturated carbocycles. The summed E-state index contributed by atoms with van der Waals surface area (Å²) in [4.78, 5) is 38.6. The number of benzene rings is 1. The minimum atomic E-state index is -0.813. The van der Waals surface area contributed by atoms with Crippen LogP contribution in [0.4, 0.5) is 0 Å². The van der Waals surface area contributed by atoms with Gasteiger partial charge in [0.15, 0.2) is 0 Å². The average molecular weight is 359 g/mol. The Hall–Kier alpha value is -3.09. The molecule has 0 amide bonds. The van der Waals surface area contributed by atoms with Crippen LogP contribution in [0, 0.1) is 0 Å². The molecule has 1 aromatic carbocycles. The molecule has 0 spiro atoms. The Bertz CT molecular complexity index is 746. The van der Waals surface area contributed by atoms with E-state index in [0.717, 1.165) is 0 Å². The van der Waals surface area contributed by atoms with Crippen LogP contribution in [0.5, 0.6) is 0 Å². The summed E-state index contributed by atoms with van der Waals surface area (Å²) in [7, 11) is 4.20. The van der Waals surface area contributed by atoms with E-state index in [2.05, 4.69) is 0 Å². The van der Waals surface area contributed by atoms with Crippen LogP contribution >= 0.6 is 0 Å². The molecule has 0 fully saturated rings. The molecule has 138 valence electrons. The molecular formula is C19H21NO6. The van der Waals surface area contributed by atoms with Gasteiger partial charge in [0.2, 0.25) is 0 Å². The van der Waals surface area contributed by atoms with Gasteiger partial charge in [-0.25, -0.2) is 14.4 Å². The number of esters is 3. The Morgan fingerprint density at radius 3 is 2.00 bits per heavy atom. The van der Waals surface area contributed by atoms with Gasteiger partial charge in [0, 0.05) is 19.4 Å². The van der Waals surface area contributed by atoms with Crippen LogP contribution in [0.2, 0.25) is 0 Å². The van der Waals surface area contributed by atoms with E-state index < -0.39 is 23.8 Å². The van der Waals surface area contributed by atoms with Gasteiger partial charge in [0.25, 0.3) is 0 Å². The molecule has 1 aliphatic heterocycles. The molecule has 26 heavy (non-hydrogen) atoms. The lowest BCUT2D eigenvalue weighted by molar-refractivity contribution is -0.137. The highest BCUT2D eigenvalue weighted by atomic mass is 16.5. The molecule has 1 aliphatic rings. The molecule has 0 N–H and O–H groups in total. The molecule has 0 atom stereocenters. The number of hydrogen-bond acceptors (Lipinski definition) is 7. The van der Waals surface area contributed by atoms with E-state index in [0.29, 0.717) is 5.56 Å². The number of rotatable bonds is 5. The number of hydrogen-bond donors (Lipinski definition) is 0. The smallest absolute Gasteiger partial charge is 0.338 e. The minimum absolute atomic E-state index is 0.208. The molecule has 7 heteroatoms. The molecule has 0 saturated heterocycles. The minimum Gasteiger partial charge on any atom is -0.466 e. The van der Waals surface area contributed by atoms with E-state index in [9.17, 15) is 14.4 Å². The third-order valence-corrected chi connectivity index (χ3v) is 3.92. The van der Waals surface area contributed by atoms with Crippen molar-refractivity contribution in [1.82, 2.24) is 4.90 Å². The van der Waals surface area contributed by atoms with Crippen molar-refractivity contribution in [2.45, 2.75) is 12.8 Å². The monoisotopic (exact) mass is 359 g/mol. The van der Waals surface area contributed by atoms with Crippen molar-refractivity contribution in [1.29, 1.82) is 0 Å². The number of carbonyl (C=O) groups excluding carboxylic acids is 3. The quantitative estimate of drug-likeness (QED) is 0.587. The summed E-state index contributed by atoms with van der Waals surface area (Å²) in [6.45, 7) is 1.91. The predicted octanol–water partition coefficient (Wildman–Crippen LogP) is 2.01. The molecule has 1 aromatic rings. The normalized spacial score (nSPS) is 14.2. The first kappa shape index (κ1) is 19.2. The number of nitrogens with zero attached hydrogens (tertiary/aromatic N) is 1. The fourth-order valence-corrected chi connectivity index (χ4v) is 2.85. The summed E-state index contributed by atoms with van der Waals surface area (Å²) in [6, 6.07) is 6.68. The van der Waals surface area contributed by atoms with Crippen molar-refractivity contribution in [3.63, 3.8) is 0 Å². The van der Waals surface area contributed by atoms with Gasteiger partial charge in [0.1, 0.15) is 0 Å². The first-order chi connectivity index (χ1) is 12.4. The summed E-state index contributed by atoms with van der Waals surface area (Å²) in [5.74, 6) is -2.55. The topological polar surface area (TPSA) is 82.1 Å². The molecule has 0 aromatic heterocycles. The largest absolute Gasteiger partial charge is 0.466 e. The summed E-state index contributed by atoms with van der Waals surface area (Å²) >= 11 is 0. The van der Waals surface area contributed by atoms with Gasteiger partial charge in [0.05, 0.1) is 43.5 Å². The standard InChI is InChI=1S/C19H21NO6/c1-5-26-19(23)13-9-7-6-8-12(13)16-14(17(21)24-3)10-20(2)11-15(16)18(22)25-4/h6-11,16H,5H2,1-4H3. The molecule has 2 rings (SSSR count). The third kappa shape index (κ3) is 3.77. The molecule has 0 aliphatic carbocycles. The first-order valence-corrected chi connectivity index (χ1v) is 8.02. The van der Waals surface area contributed by atoms with E-state index in [1.165, 1.54) is 14.2 Å². The second-order valence-corrected chi connectivity index (χ2v) is 5.56. The summed E-state index contributed by atoms with van der Waals surface area (Å²) in [5, 5.41) is 0. The lowest BCUT2D eigenvalue weighted by atomic mass is 9.81. The molecule has 0 radical (unpaired) electrons. The fourth-order valence-electron chi connectivity index (χ4n) is 2.85. The zero-order valence-electron chi connectivity index (χ0n) is 15.1. The predicted molar refractivity (Wildman–Crippen MR) is 93.1 cm³/mol. The maximum Gasteiger partial charge on any atom is 0.338 e. The Balaban J connectivity index is 2.66. The van der Waals surface area contributed by atoms with Crippen molar-refractivity contribution in [2.24, 2.45) is 0 Å². The van der Waals surface area contributed by atoms with Crippen molar-refractivity contribution < 1.29 is 28.6 Å². The van der Waals surface area contributed by atoms with Crippen LogP contribution in [-0.2, 0) is 23.8 Å². The fraction of sp³-hybridized carbons (Fsp3) is 0.316. The summed E-state index contributed by atoms with van der Waals surface area (Å²) < 4.78 is 14.8. The average Bonchev–Trinajstić information content (AvgIpc) is 2.66. The molecule has 0 unspecified atom stereocenters. The van der Waals surface area contributed by atoms with Crippen LogP contribution < -0.4 is 0 Å². The Labute approximate surface area is 151 Å². The first-order valence-electron chi connectivity index (χ1n) is 8.02. The van der Waals surface area contributed by atoms with Gasteiger partial charge in [-0.3, -0.25) is 0 Å². The highest BCUT2D eigenvalue weighted by Crippen LogP contribution is 2.38. The Morgan fingerprint density at radius 1 is 0.962 bits per heavy atom. The van der Waals surface area contributed by atoms with Crippen LogP contribution in [0.25, 0.3) is 0 Å². The third-order valence-electron chi connectivity index (χ3n) is 3.92. The summed E-state index contributed by atoms with van der Waals surface area (Å²) in [5.41, 5.74) is 1.17. The lowest BCUT2D eigenvalue weighted by Crippen LogP contribution is -2.28. The van der Waals surface area contributed by atoms with Gasteiger partial charge >= 0.3 is 17.9 Å². The highest BCUT2D eigenvalue weighted by Gasteiger charge is 2.36. The van der Waals surface area contributed by atoms with Crippen molar-refractivity contribution in [2.75, 3.05) is 27.9 Å². The second-order valence-electron chi connectivity index (χ2n) is 5.56. The van der Waals surface area contributed by atoms with E-state index in [4.69, 9.17) is 14.2 Å². The van der Waals surface area contributed by atoms with Crippen LogP contribution in [-0.4, -0.2) is 50.7 Å². The molecule has 7 nitrogen and oxygen atoms in total. The molecule has 0 bridgehead atoms. The van der Waals surface area contributed by atoms with Crippen LogP contribution in [0.3, 0.4) is 0 Å². The van der Waals surface area contributed by atoms with Gasteiger partial charge < -0.3 is 19.1 Å². The zero-order chi connectivity index (χ0) is 19.3. The van der Waals surface area contributed by atoms with E-state index in [-0.39, 0.29) is 23.3 Å². The Morgan fingerprint density at radius 2 is 1.50 bits per heavy atom.